The van der Waals surface area contributed by atoms with E-state index >= 15 is 0 Å². The number of hydrogen-bond donors (Lipinski definition) is 4. The lowest BCUT2D eigenvalue weighted by Gasteiger charge is -2.40. The van der Waals surface area contributed by atoms with E-state index in [-0.39, 0.29) is 61.6 Å². The molecule has 5 N–H and O–H groups in total. The topological polar surface area (TPSA) is 182 Å². The van der Waals surface area contributed by atoms with Gasteiger partial charge in [0.15, 0.2) is 0 Å². The second-order valence-electron chi connectivity index (χ2n) is 16.7. The first-order chi connectivity index (χ1) is 29.7. The van der Waals surface area contributed by atoms with Crippen LogP contribution in [0.3, 0.4) is 0 Å². The van der Waals surface area contributed by atoms with Crippen LogP contribution in [-0.4, -0.2) is 104 Å². The average Bonchev–Trinajstić information content (AvgIpc) is 3.77. The van der Waals surface area contributed by atoms with E-state index in [0.29, 0.717) is 18.7 Å². The lowest BCUT2D eigenvalue weighted by atomic mass is 9.89. The number of carbonyl (C=O) groups is 5. The van der Waals surface area contributed by atoms with Gasteiger partial charge in [-0.2, -0.15) is 0 Å². The molecule has 1 aliphatic heterocycles. The van der Waals surface area contributed by atoms with E-state index in [4.69, 9.17) is 19.9 Å². The number of anilines is 1. The Kier molecular flexibility index (Phi) is 19.4. The lowest BCUT2D eigenvalue weighted by molar-refractivity contribution is -0.146. The van der Waals surface area contributed by atoms with Crippen LogP contribution in [0.4, 0.5) is 10.5 Å². The Morgan fingerprint density at radius 3 is 2.05 bits per heavy atom. The summed E-state index contributed by atoms with van der Waals surface area (Å²) in [5.74, 6) is -1.90. The molecule has 3 unspecified atom stereocenters. The summed E-state index contributed by atoms with van der Waals surface area (Å²) in [4.78, 5) is 71.3. The first-order valence-electron chi connectivity index (χ1n) is 21.7. The molecule has 4 rings (SSSR count). The third kappa shape index (κ3) is 13.8. The van der Waals surface area contributed by atoms with Crippen LogP contribution in [0.2, 0.25) is 0 Å². The van der Waals surface area contributed by atoms with Gasteiger partial charge < -0.3 is 45.7 Å². The zero-order valence-corrected chi connectivity index (χ0v) is 37.7. The summed E-state index contributed by atoms with van der Waals surface area (Å²) >= 11 is 0. The minimum Gasteiger partial charge on any atom is -0.445 e. The van der Waals surface area contributed by atoms with Crippen molar-refractivity contribution in [1.29, 1.82) is 0 Å². The molecular weight excluding hydrogens is 789 g/mol. The number of benzene rings is 3. The lowest BCUT2D eigenvalue weighted by Crippen LogP contribution is -2.56. The van der Waals surface area contributed by atoms with Crippen LogP contribution in [0.1, 0.15) is 77.0 Å². The maximum Gasteiger partial charge on any atom is 0.407 e. The highest BCUT2D eigenvalue weighted by molar-refractivity contribution is 5.97. The standard InChI is InChI=1S/C48H68N6O8/c1-9-32(4)43(53(6)47(58)42(49)31(2)3)40(60-7)28-41(55)54-26-16-21-39(54)44(61-8)33(5)45(56)52-38(27-34-17-12-10-13-18-34)46(57)51-37-24-22-35(23-25-37)29-50-48(59)62-30-36-19-14-11-15-20-36/h10-15,17-20,22-25,31-33,38-40,42-44H,9,16,21,26-30,49H2,1-8H3,(H,50,59)(H,51,57)(H,52,56)/t32-,33+,38?,39?,40+,42?,43-,44+/m0/s1. The van der Waals surface area contributed by atoms with Crippen LogP contribution in [0, 0.1) is 17.8 Å². The highest BCUT2D eigenvalue weighted by Gasteiger charge is 2.43. The predicted molar refractivity (Wildman–Crippen MR) is 240 cm³/mol. The number of likely N-dealkylation sites (N-methyl/N-ethyl adjacent to an activating group) is 1. The summed E-state index contributed by atoms with van der Waals surface area (Å²) in [6, 6.07) is 23.5. The normalized spacial score (nSPS) is 17.2. The van der Waals surface area contributed by atoms with E-state index in [9.17, 15) is 24.0 Å². The van der Waals surface area contributed by atoms with Crippen molar-refractivity contribution in [3.8, 4) is 0 Å². The number of likely N-dealkylation sites (tertiary alicyclic amines) is 1. The van der Waals surface area contributed by atoms with Crippen LogP contribution in [-0.2, 0) is 53.0 Å². The SMILES string of the molecule is CC[C@H](C)[C@@H]([C@@H](CC(=O)N1CCCC1[C@H](OC)[C@@H](C)C(=O)NC(Cc1ccccc1)C(=O)Nc1ccc(CNC(=O)OCc2ccccc2)cc1)OC)N(C)C(=O)C(N)C(C)C. The molecule has 3 aromatic carbocycles. The molecule has 5 amide bonds. The second kappa shape index (κ2) is 24.4. The molecule has 3 aromatic rings. The summed E-state index contributed by atoms with van der Waals surface area (Å²) in [5.41, 5.74) is 9.34. The number of ether oxygens (including phenoxy) is 3. The third-order valence-electron chi connectivity index (χ3n) is 12.0. The first-order valence-corrected chi connectivity index (χ1v) is 21.7. The molecule has 0 aromatic heterocycles. The molecule has 1 heterocycles. The van der Waals surface area contributed by atoms with Crippen molar-refractivity contribution in [2.45, 2.75) is 116 Å². The average molecular weight is 857 g/mol. The fourth-order valence-corrected chi connectivity index (χ4v) is 8.07. The minimum absolute atomic E-state index is 0.0246. The van der Waals surface area contributed by atoms with E-state index < -0.39 is 48.3 Å². The Morgan fingerprint density at radius 2 is 1.47 bits per heavy atom. The quantitative estimate of drug-likeness (QED) is 0.0989. The van der Waals surface area contributed by atoms with Crippen LogP contribution in [0.5, 0.6) is 0 Å². The van der Waals surface area contributed by atoms with Crippen molar-refractivity contribution in [2.75, 3.05) is 33.1 Å². The molecule has 8 atom stereocenters. The number of carbonyl (C=O) groups excluding carboxylic acids is 5. The third-order valence-corrected chi connectivity index (χ3v) is 12.0. The molecule has 0 saturated carbocycles. The Hall–Kier alpha value is -5.31. The Balaban J connectivity index is 1.42. The van der Waals surface area contributed by atoms with Crippen LogP contribution < -0.4 is 21.7 Å². The van der Waals surface area contributed by atoms with Crippen LogP contribution in [0.25, 0.3) is 0 Å². The van der Waals surface area contributed by atoms with Gasteiger partial charge in [0.05, 0.1) is 42.7 Å². The van der Waals surface area contributed by atoms with Gasteiger partial charge in [-0.05, 0) is 53.5 Å². The highest BCUT2D eigenvalue weighted by Crippen LogP contribution is 2.30. The summed E-state index contributed by atoms with van der Waals surface area (Å²) in [6.45, 7) is 10.5. The Morgan fingerprint density at radius 1 is 0.839 bits per heavy atom. The van der Waals surface area contributed by atoms with E-state index in [0.717, 1.165) is 29.5 Å². The van der Waals surface area contributed by atoms with Gasteiger partial charge in [-0.25, -0.2) is 4.79 Å². The molecule has 1 aliphatic rings. The van der Waals surface area contributed by atoms with E-state index in [1.165, 1.54) is 7.11 Å². The van der Waals surface area contributed by atoms with Crippen molar-refractivity contribution in [2.24, 2.45) is 23.5 Å². The summed E-state index contributed by atoms with van der Waals surface area (Å²) in [5, 5.41) is 8.66. The second-order valence-corrected chi connectivity index (χ2v) is 16.7. The van der Waals surface area contributed by atoms with Gasteiger partial charge in [-0.1, -0.05) is 114 Å². The van der Waals surface area contributed by atoms with E-state index in [2.05, 4.69) is 16.0 Å². The first kappa shape index (κ1) is 49.3. The molecule has 14 nitrogen and oxygen atoms in total. The number of alkyl carbamates (subject to hydrolysis) is 1. The maximum atomic E-state index is 14.2. The molecule has 0 spiro atoms. The summed E-state index contributed by atoms with van der Waals surface area (Å²) < 4.78 is 17.2. The van der Waals surface area contributed by atoms with Gasteiger partial charge in [0, 0.05) is 46.5 Å². The Labute approximate surface area is 367 Å². The zero-order valence-electron chi connectivity index (χ0n) is 37.7. The molecule has 1 saturated heterocycles. The molecule has 1 fully saturated rings. The van der Waals surface area contributed by atoms with Gasteiger partial charge in [0.1, 0.15) is 12.6 Å². The number of nitrogens with one attached hydrogen (secondary N) is 3. The molecular formula is C48H68N6O8. The van der Waals surface area contributed by atoms with Crippen LogP contribution in [0.15, 0.2) is 84.9 Å². The number of methoxy groups -OCH3 is 2. The molecule has 62 heavy (non-hydrogen) atoms. The highest BCUT2D eigenvalue weighted by atomic mass is 16.5. The van der Waals surface area contributed by atoms with Crippen molar-refractivity contribution in [3.63, 3.8) is 0 Å². The van der Waals surface area contributed by atoms with Gasteiger partial charge in [-0.15, -0.1) is 0 Å². The van der Waals surface area contributed by atoms with Gasteiger partial charge in [-0.3, -0.25) is 19.2 Å². The summed E-state index contributed by atoms with van der Waals surface area (Å²) in [6.07, 6.45) is 0.588. The monoisotopic (exact) mass is 857 g/mol. The molecule has 338 valence electrons. The number of hydrogen-bond acceptors (Lipinski definition) is 9. The van der Waals surface area contributed by atoms with Gasteiger partial charge >= 0.3 is 6.09 Å². The molecule has 0 aliphatic carbocycles. The van der Waals surface area contributed by atoms with E-state index in [1.54, 1.807) is 55.1 Å². The number of nitrogens with zero attached hydrogens (tertiary/aromatic N) is 2. The molecule has 14 heteroatoms. The fraction of sp³-hybridized carbons (Fsp3) is 0.521. The maximum absolute atomic E-state index is 14.2. The Bertz CT molecular complexity index is 1880. The summed E-state index contributed by atoms with van der Waals surface area (Å²) in [7, 11) is 4.82. The van der Waals surface area contributed by atoms with E-state index in [1.807, 2.05) is 88.4 Å². The smallest absolute Gasteiger partial charge is 0.407 e. The number of rotatable bonds is 22. The largest absolute Gasteiger partial charge is 0.445 e. The van der Waals surface area contributed by atoms with Crippen LogP contribution >= 0.6 is 0 Å². The van der Waals surface area contributed by atoms with Crippen molar-refractivity contribution in [3.05, 3.63) is 102 Å². The minimum atomic E-state index is -0.935. The van der Waals surface area contributed by atoms with Gasteiger partial charge in [0.2, 0.25) is 23.6 Å². The number of amides is 5. The van der Waals surface area contributed by atoms with Crippen molar-refractivity contribution in [1.82, 2.24) is 20.4 Å². The zero-order chi connectivity index (χ0) is 45.3. The fourth-order valence-electron chi connectivity index (χ4n) is 8.07. The predicted octanol–water partition coefficient (Wildman–Crippen LogP) is 5.68. The van der Waals surface area contributed by atoms with Crippen molar-refractivity contribution >= 4 is 35.4 Å². The molecule has 0 radical (unpaired) electrons. The number of nitrogens with two attached hydrogens (primary N) is 1. The van der Waals surface area contributed by atoms with Gasteiger partial charge in [0.25, 0.3) is 0 Å². The van der Waals surface area contributed by atoms with Crippen molar-refractivity contribution < 1.29 is 38.2 Å². The molecule has 0 bridgehead atoms.